The zero-order valence-corrected chi connectivity index (χ0v) is 10.6. The molecule has 112 valence electrons. The summed E-state index contributed by atoms with van der Waals surface area (Å²) in [6.45, 7) is 1.44. The van der Waals surface area contributed by atoms with Gasteiger partial charge in [0, 0.05) is 13.8 Å². The topological polar surface area (TPSA) is 159 Å². The summed E-state index contributed by atoms with van der Waals surface area (Å²) >= 11 is 0. The lowest BCUT2D eigenvalue weighted by Crippen LogP contribution is -2.60. The minimum atomic E-state index is -1.88. The van der Waals surface area contributed by atoms with Gasteiger partial charge in [0.15, 0.2) is 0 Å². The molecule has 0 aliphatic heterocycles. The van der Waals surface area contributed by atoms with Crippen LogP contribution >= 0.6 is 0 Å². The normalized spacial score (nSPS) is 17.5. The third kappa shape index (κ3) is 5.94. The van der Waals surface area contributed by atoms with Gasteiger partial charge in [-0.1, -0.05) is 0 Å². The van der Waals surface area contributed by atoms with Crippen LogP contribution in [0.4, 0.5) is 0 Å². The van der Waals surface area contributed by atoms with Crippen LogP contribution in [-0.4, -0.2) is 74.5 Å². The van der Waals surface area contributed by atoms with Gasteiger partial charge in [-0.15, -0.1) is 0 Å². The molecule has 0 aromatic rings. The number of hydrogen-bond donors (Lipinski definition) is 7. The molecule has 9 nitrogen and oxygen atoms in total. The SMILES string of the molecule is CC(=O)NC(NC(C)=O)[C@@H](O)[C@H](O)[C@H](O)[C@H](O)CO. The third-order valence-corrected chi connectivity index (χ3v) is 2.34. The van der Waals surface area contributed by atoms with E-state index in [1.165, 1.54) is 0 Å². The Balaban J connectivity index is 4.80. The molecule has 9 heteroatoms. The van der Waals surface area contributed by atoms with Gasteiger partial charge in [-0.05, 0) is 0 Å². The Morgan fingerprint density at radius 2 is 1.32 bits per heavy atom. The van der Waals surface area contributed by atoms with Gasteiger partial charge in [-0.25, -0.2) is 0 Å². The van der Waals surface area contributed by atoms with Gasteiger partial charge in [0.25, 0.3) is 0 Å². The fourth-order valence-corrected chi connectivity index (χ4v) is 1.38. The Morgan fingerprint density at radius 3 is 1.63 bits per heavy atom. The molecule has 2 amide bonds. The molecule has 4 atom stereocenters. The number of aliphatic hydroxyl groups is 5. The highest BCUT2D eigenvalue weighted by Crippen LogP contribution is 2.07. The summed E-state index contributed by atoms with van der Waals surface area (Å²) < 4.78 is 0. The van der Waals surface area contributed by atoms with Gasteiger partial charge in [0.2, 0.25) is 11.8 Å². The van der Waals surface area contributed by atoms with E-state index in [2.05, 4.69) is 10.6 Å². The number of carbonyl (C=O) groups is 2. The first-order valence-electron chi connectivity index (χ1n) is 5.58. The van der Waals surface area contributed by atoms with Crippen molar-refractivity contribution in [2.24, 2.45) is 0 Å². The quantitative estimate of drug-likeness (QED) is 0.234. The van der Waals surface area contributed by atoms with E-state index in [1.54, 1.807) is 0 Å². The molecule has 0 radical (unpaired) electrons. The van der Waals surface area contributed by atoms with Crippen molar-refractivity contribution >= 4 is 11.8 Å². The zero-order valence-electron chi connectivity index (χ0n) is 10.6. The van der Waals surface area contributed by atoms with Crippen LogP contribution in [0.3, 0.4) is 0 Å². The minimum absolute atomic E-state index is 0.581. The number of hydrogen-bond acceptors (Lipinski definition) is 7. The Kier molecular flexibility index (Phi) is 7.49. The van der Waals surface area contributed by atoms with E-state index in [0.29, 0.717) is 0 Å². The summed E-state index contributed by atoms with van der Waals surface area (Å²) in [4.78, 5) is 21.8. The number of carbonyl (C=O) groups excluding carboxylic acids is 2. The van der Waals surface area contributed by atoms with Crippen LogP contribution in [0.15, 0.2) is 0 Å². The van der Waals surface area contributed by atoms with Gasteiger partial charge < -0.3 is 36.2 Å². The van der Waals surface area contributed by atoms with Crippen molar-refractivity contribution < 1.29 is 35.1 Å². The summed E-state index contributed by atoms with van der Waals surface area (Å²) in [5.41, 5.74) is 0. The first-order valence-corrected chi connectivity index (χ1v) is 5.58. The van der Waals surface area contributed by atoms with Crippen LogP contribution < -0.4 is 10.6 Å². The average Bonchev–Trinajstić information content (AvgIpc) is 2.33. The van der Waals surface area contributed by atoms with Gasteiger partial charge in [0.05, 0.1) is 6.61 Å². The summed E-state index contributed by atoms with van der Waals surface area (Å²) in [5.74, 6) is -1.16. The van der Waals surface area contributed by atoms with Gasteiger partial charge >= 0.3 is 0 Å². The fourth-order valence-electron chi connectivity index (χ4n) is 1.38. The predicted molar refractivity (Wildman–Crippen MR) is 62.5 cm³/mol. The largest absolute Gasteiger partial charge is 0.394 e. The zero-order chi connectivity index (χ0) is 15.2. The van der Waals surface area contributed by atoms with Gasteiger partial charge in [-0.2, -0.15) is 0 Å². The molecule has 0 heterocycles. The van der Waals surface area contributed by atoms with Crippen molar-refractivity contribution in [3.05, 3.63) is 0 Å². The molecule has 19 heavy (non-hydrogen) atoms. The molecule has 0 spiro atoms. The summed E-state index contributed by atoms with van der Waals surface area (Å²) in [6, 6.07) is 0. The highest BCUT2D eigenvalue weighted by atomic mass is 16.4. The second kappa shape index (κ2) is 8.02. The molecule has 0 saturated carbocycles. The van der Waals surface area contributed by atoms with Crippen molar-refractivity contribution in [1.29, 1.82) is 0 Å². The molecule has 0 aliphatic carbocycles. The maximum absolute atomic E-state index is 10.9. The van der Waals surface area contributed by atoms with Crippen LogP contribution in [0.5, 0.6) is 0 Å². The van der Waals surface area contributed by atoms with E-state index in [9.17, 15) is 24.9 Å². The van der Waals surface area contributed by atoms with Gasteiger partial charge in [-0.3, -0.25) is 9.59 Å². The first-order chi connectivity index (χ1) is 8.70. The lowest BCUT2D eigenvalue weighted by Gasteiger charge is -2.31. The van der Waals surface area contributed by atoms with Crippen LogP contribution in [0.1, 0.15) is 13.8 Å². The lowest BCUT2D eigenvalue weighted by molar-refractivity contribution is -0.136. The predicted octanol–water partition coefficient (Wildman–Crippen LogP) is -3.98. The van der Waals surface area contributed by atoms with E-state index < -0.39 is 49.0 Å². The smallest absolute Gasteiger partial charge is 0.218 e. The number of amides is 2. The standard InChI is InChI=1S/C10H20N2O7/c1-4(14)11-10(12-5(2)15)9(19)8(18)7(17)6(16)3-13/h6-10,13,16-19H,3H2,1-2H3,(H,11,14)(H,12,15)/t6-,7-,8-,9+/m1/s1. The second-order valence-corrected chi connectivity index (χ2v) is 4.10. The average molecular weight is 280 g/mol. The van der Waals surface area contributed by atoms with Crippen molar-refractivity contribution in [3.63, 3.8) is 0 Å². The Hall–Kier alpha value is -1.26. The first kappa shape index (κ1) is 17.7. The van der Waals surface area contributed by atoms with Crippen molar-refractivity contribution in [1.82, 2.24) is 10.6 Å². The monoisotopic (exact) mass is 280 g/mol. The molecule has 0 fully saturated rings. The highest BCUT2D eigenvalue weighted by molar-refractivity contribution is 5.76. The molecule has 0 aliphatic rings. The van der Waals surface area contributed by atoms with Crippen molar-refractivity contribution in [2.75, 3.05) is 6.61 Å². The Morgan fingerprint density at radius 1 is 0.895 bits per heavy atom. The van der Waals surface area contributed by atoms with E-state index in [4.69, 9.17) is 10.2 Å². The van der Waals surface area contributed by atoms with E-state index >= 15 is 0 Å². The Labute approximate surface area is 109 Å². The van der Waals surface area contributed by atoms with Gasteiger partial charge in [0.1, 0.15) is 30.6 Å². The molecular weight excluding hydrogens is 260 g/mol. The van der Waals surface area contributed by atoms with Crippen LogP contribution in [0.25, 0.3) is 0 Å². The molecule has 0 bridgehead atoms. The maximum atomic E-state index is 10.9. The molecular formula is C10H20N2O7. The summed E-state index contributed by atoms with van der Waals surface area (Å²) in [7, 11) is 0. The van der Waals surface area contributed by atoms with Crippen molar-refractivity contribution in [3.8, 4) is 0 Å². The molecule has 0 saturated heterocycles. The number of aliphatic hydroxyl groups excluding tert-OH is 5. The summed E-state index contributed by atoms with van der Waals surface area (Å²) in [6.07, 6.45) is -8.51. The molecule has 0 aromatic heterocycles. The Bertz CT molecular complexity index is 296. The molecule has 7 N–H and O–H groups in total. The van der Waals surface area contributed by atoms with Crippen LogP contribution in [0.2, 0.25) is 0 Å². The maximum Gasteiger partial charge on any atom is 0.218 e. The molecule has 0 aromatic carbocycles. The van der Waals surface area contributed by atoms with Crippen molar-refractivity contribution in [2.45, 2.75) is 44.4 Å². The highest BCUT2D eigenvalue weighted by Gasteiger charge is 2.35. The number of nitrogens with one attached hydrogen (secondary N) is 2. The number of rotatable bonds is 7. The second-order valence-electron chi connectivity index (χ2n) is 4.10. The van der Waals surface area contributed by atoms with Crippen LogP contribution in [0, 0.1) is 0 Å². The van der Waals surface area contributed by atoms with E-state index in [0.717, 1.165) is 13.8 Å². The molecule has 0 unspecified atom stereocenters. The molecule has 0 rings (SSSR count). The lowest BCUT2D eigenvalue weighted by atomic mass is 10.0. The third-order valence-electron chi connectivity index (χ3n) is 2.34. The summed E-state index contributed by atoms with van der Waals surface area (Å²) in [5, 5.41) is 50.9. The van der Waals surface area contributed by atoms with Crippen LogP contribution in [-0.2, 0) is 9.59 Å². The fraction of sp³-hybridized carbons (Fsp3) is 0.800. The minimum Gasteiger partial charge on any atom is -0.394 e. The van der Waals surface area contributed by atoms with E-state index in [1.807, 2.05) is 0 Å². The van der Waals surface area contributed by atoms with E-state index in [-0.39, 0.29) is 0 Å².